The van der Waals surface area contributed by atoms with E-state index in [4.69, 9.17) is 14.2 Å². The van der Waals surface area contributed by atoms with Crippen molar-refractivity contribution in [2.45, 2.75) is 0 Å². The van der Waals surface area contributed by atoms with Crippen molar-refractivity contribution in [2.75, 3.05) is 31.0 Å². The van der Waals surface area contributed by atoms with Crippen LogP contribution >= 0.6 is 0 Å². The van der Waals surface area contributed by atoms with Gasteiger partial charge in [0.05, 0.1) is 19.0 Å². The van der Waals surface area contributed by atoms with E-state index in [-0.39, 0.29) is 5.91 Å². The number of hydrogen-bond acceptors (Lipinski definition) is 6. The van der Waals surface area contributed by atoms with Crippen molar-refractivity contribution in [1.29, 1.82) is 0 Å². The van der Waals surface area contributed by atoms with Gasteiger partial charge in [0.25, 0.3) is 5.91 Å². The number of amides is 1. The number of carbonyl (C=O) groups excluding carboxylic acids is 1. The summed E-state index contributed by atoms with van der Waals surface area (Å²) in [6, 6.07) is 16.3. The zero-order valence-electron chi connectivity index (χ0n) is 15.3. The predicted octanol–water partition coefficient (Wildman–Crippen LogP) is 3.86. The first-order chi connectivity index (χ1) is 13.7. The average Bonchev–Trinajstić information content (AvgIpc) is 2.74. The van der Waals surface area contributed by atoms with Crippen LogP contribution in [-0.4, -0.2) is 31.2 Å². The topological polar surface area (TPSA) is 81.7 Å². The molecule has 0 atom stereocenters. The van der Waals surface area contributed by atoms with Gasteiger partial charge in [-0.05, 0) is 36.4 Å². The first kappa shape index (κ1) is 17.7. The number of carbonyl (C=O) groups is 1. The van der Waals surface area contributed by atoms with Crippen molar-refractivity contribution in [1.82, 2.24) is 4.98 Å². The van der Waals surface area contributed by atoms with Crippen LogP contribution < -0.4 is 24.8 Å². The highest BCUT2D eigenvalue weighted by Crippen LogP contribution is 2.32. The Hall–Kier alpha value is -3.74. The highest BCUT2D eigenvalue weighted by atomic mass is 16.6. The highest BCUT2D eigenvalue weighted by molar-refractivity contribution is 6.03. The molecule has 1 aromatic heterocycles. The summed E-state index contributed by atoms with van der Waals surface area (Å²) in [6.07, 6.45) is 1.61. The Morgan fingerprint density at radius 2 is 1.79 bits per heavy atom. The number of ether oxygens (including phenoxy) is 3. The quantitative estimate of drug-likeness (QED) is 0.703. The summed E-state index contributed by atoms with van der Waals surface area (Å²) in [6.45, 7) is 1.02. The third kappa shape index (κ3) is 3.98. The van der Waals surface area contributed by atoms with Gasteiger partial charge in [0.15, 0.2) is 11.5 Å². The lowest BCUT2D eigenvalue weighted by molar-refractivity contribution is 0.102. The molecular weight excluding hydrogens is 358 g/mol. The molecule has 0 spiro atoms. The molecule has 0 bridgehead atoms. The fourth-order valence-electron chi connectivity index (χ4n) is 2.79. The Labute approximate surface area is 162 Å². The molecule has 0 fully saturated rings. The number of aromatic nitrogens is 1. The zero-order valence-corrected chi connectivity index (χ0v) is 15.3. The molecule has 0 saturated carbocycles. The molecular formula is C21H19N3O4. The predicted molar refractivity (Wildman–Crippen MR) is 106 cm³/mol. The van der Waals surface area contributed by atoms with E-state index >= 15 is 0 Å². The van der Waals surface area contributed by atoms with Crippen molar-refractivity contribution in [3.63, 3.8) is 0 Å². The van der Waals surface area contributed by atoms with Gasteiger partial charge in [0.2, 0.25) is 0 Å². The van der Waals surface area contributed by atoms with Gasteiger partial charge < -0.3 is 24.8 Å². The van der Waals surface area contributed by atoms with Gasteiger partial charge in [0, 0.05) is 23.5 Å². The molecule has 2 heterocycles. The number of pyridine rings is 1. The maximum atomic E-state index is 12.5. The second-order valence-corrected chi connectivity index (χ2v) is 6.10. The molecule has 0 saturated heterocycles. The molecule has 3 aromatic rings. The Kier molecular flexibility index (Phi) is 4.97. The minimum absolute atomic E-state index is 0.301. The van der Waals surface area contributed by atoms with Gasteiger partial charge >= 0.3 is 0 Å². The molecule has 2 N–H and O–H groups in total. The summed E-state index contributed by atoms with van der Waals surface area (Å²) in [5.74, 6) is 1.75. The Morgan fingerprint density at radius 1 is 0.964 bits per heavy atom. The van der Waals surface area contributed by atoms with Crippen LogP contribution in [0.1, 0.15) is 10.5 Å². The van der Waals surface area contributed by atoms with Crippen LogP contribution in [0.5, 0.6) is 17.2 Å². The van der Waals surface area contributed by atoms with Crippen molar-refractivity contribution in [2.24, 2.45) is 0 Å². The number of hydrogen-bond donors (Lipinski definition) is 2. The van der Waals surface area contributed by atoms with Crippen LogP contribution in [0, 0.1) is 0 Å². The minimum atomic E-state index is -0.301. The van der Waals surface area contributed by atoms with Crippen LogP contribution in [0.4, 0.5) is 17.1 Å². The fourth-order valence-corrected chi connectivity index (χ4v) is 2.79. The van der Waals surface area contributed by atoms with E-state index < -0.39 is 0 Å². The Bertz CT molecular complexity index is 989. The number of rotatable bonds is 5. The van der Waals surface area contributed by atoms with Crippen molar-refractivity contribution < 1.29 is 19.0 Å². The van der Waals surface area contributed by atoms with E-state index in [9.17, 15) is 4.79 Å². The van der Waals surface area contributed by atoms with Gasteiger partial charge in [-0.15, -0.1) is 0 Å². The molecule has 142 valence electrons. The molecule has 4 rings (SSSR count). The molecule has 0 unspecified atom stereocenters. The van der Waals surface area contributed by atoms with Gasteiger partial charge in [-0.25, -0.2) is 4.98 Å². The highest BCUT2D eigenvalue weighted by Gasteiger charge is 2.14. The van der Waals surface area contributed by atoms with Gasteiger partial charge in [-0.3, -0.25) is 4.79 Å². The Morgan fingerprint density at radius 3 is 2.57 bits per heavy atom. The molecule has 7 nitrogen and oxygen atoms in total. The summed E-state index contributed by atoms with van der Waals surface area (Å²) in [5, 5.41) is 6.04. The standard InChI is InChI=1S/C21H19N3O4/c1-26-17-4-2-3-14(11-17)23-16-5-7-18(22-13-16)21(25)24-15-6-8-19-20(12-15)28-10-9-27-19/h2-8,11-13,23H,9-10H2,1H3,(H,24,25). The number of nitrogens with zero attached hydrogens (tertiary/aromatic N) is 1. The second-order valence-electron chi connectivity index (χ2n) is 6.10. The van der Waals surface area contributed by atoms with E-state index in [1.165, 1.54) is 0 Å². The first-order valence-corrected chi connectivity index (χ1v) is 8.79. The molecule has 0 aliphatic carbocycles. The Balaban J connectivity index is 1.42. The lowest BCUT2D eigenvalue weighted by Gasteiger charge is -2.19. The SMILES string of the molecule is COc1cccc(Nc2ccc(C(=O)Nc3ccc4c(c3)OCCO4)nc2)c1. The van der Waals surface area contributed by atoms with E-state index in [0.29, 0.717) is 36.1 Å². The van der Waals surface area contributed by atoms with E-state index in [0.717, 1.165) is 17.1 Å². The molecule has 1 aliphatic heterocycles. The van der Waals surface area contributed by atoms with Crippen molar-refractivity contribution >= 4 is 23.0 Å². The average molecular weight is 377 g/mol. The summed E-state index contributed by atoms with van der Waals surface area (Å²) < 4.78 is 16.2. The summed E-state index contributed by atoms with van der Waals surface area (Å²) >= 11 is 0. The van der Waals surface area contributed by atoms with Crippen LogP contribution in [0.3, 0.4) is 0 Å². The first-order valence-electron chi connectivity index (χ1n) is 8.79. The molecule has 28 heavy (non-hydrogen) atoms. The number of benzene rings is 2. The molecule has 1 amide bonds. The number of fused-ring (bicyclic) bond motifs is 1. The molecule has 1 aliphatic rings. The minimum Gasteiger partial charge on any atom is -0.497 e. The third-order valence-corrected chi connectivity index (χ3v) is 4.15. The van der Waals surface area contributed by atoms with Gasteiger partial charge in [0.1, 0.15) is 24.7 Å². The second kappa shape index (κ2) is 7.87. The monoisotopic (exact) mass is 377 g/mol. The maximum Gasteiger partial charge on any atom is 0.274 e. The normalized spacial score (nSPS) is 12.2. The van der Waals surface area contributed by atoms with E-state index in [2.05, 4.69) is 15.6 Å². The summed E-state index contributed by atoms with van der Waals surface area (Å²) in [5.41, 5.74) is 2.57. The number of nitrogens with one attached hydrogen (secondary N) is 2. The van der Waals surface area contributed by atoms with Crippen LogP contribution in [0.15, 0.2) is 60.8 Å². The molecule has 7 heteroatoms. The largest absolute Gasteiger partial charge is 0.497 e. The molecule has 0 radical (unpaired) electrons. The maximum absolute atomic E-state index is 12.5. The number of methoxy groups -OCH3 is 1. The number of anilines is 3. The zero-order chi connectivity index (χ0) is 19.3. The third-order valence-electron chi connectivity index (χ3n) is 4.15. The summed E-state index contributed by atoms with van der Waals surface area (Å²) in [4.78, 5) is 16.7. The van der Waals surface area contributed by atoms with Gasteiger partial charge in [-0.2, -0.15) is 0 Å². The van der Waals surface area contributed by atoms with Crippen LogP contribution in [0.25, 0.3) is 0 Å². The van der Waals surface area contributed by atoms with E-state index in [1.54, 1.807) is 43.6 Å². The molecule has 2 aromatic carbocycles. The van der Waals surface area contributed by atoms with Crippen LogP contribution in [-0.2, 0) is 0 Å². The smallest absolute Gasteiger partial charge is 0.274 e. The lowest BCUT2D eigenvalue weighted by atomic mass is 10.2. The van der Waals surface area contributed by atoms with Crippen molar-refractivity contribution in [3.05, 3.63) is 66.5 Å². The summed E-state index contributed by atoms with van der Waals surface area (Å²) in [7, 11) is 1.62. The van der Waals surface area contributed by atoms with Crippen LogP contribution in [0.2, 0.25) is 0 Å². The van der Waals surface area contributed by atoms with Gasteiger partial charge in [-0.1, -0.05) is 6.07 Å². The van der Waals surface area contributed by atoms with E-state index in [1.807, 2.05) is 24.3 Å². The lowest BCUT2D eigenvalue weighted by Crippen LogP contribution is -2.17. The fraction of sp³-hybridized carbons (Fsp3) is 0.143. The van der Waals surface area contributed by atoms with Crippen molar-refractivity contribution in [3.8, 4) is 17.2 Å².